The van der Waals surface area contributed by atoms with Crippen LogP contribution in [0.1, 0.15) is 57.6 Å². The Bertz CT molecular complexity index is 677. The van der Waals surface area contributed by atoms with Gasteiger partial charge < -0.3 is 15.6 Å². The maximum absolute atomic E-state index is 11.5. The molecule has 0 saturated carbocycles. The summed E-state index contributed by atoms with van der Waals surface area (Å²) in [6.07, 6.45) is 3.75. The number of aliphatic imine (C=N–C) groups is 1. The van der Waals surface area contributed by atoms with E-state index < -0.39 is 17.7 Å². The van der Waals surface area contributed by atoms with Gasteiger partial charge in [-0.3, -0.25) is 9.83 Å². The number of fused-ring (bicyclic) bond motifs is 1. The van der Waals surface area contributed by atoms with Crippen LogP contribution in [-0.2, 0) is 16.1 Å². The van der Waals surface area contributed by atoms with Crippen LogP contribution in [0.25, 0.3) is 0 Å². The Morgan fingerprint density at radius 3 is 2.88 bits per heavy atom. The van der Waals surface area contributed by atoms with Gasteiger partial charge in [0, 0.05) is 11.6 Å². The van der Waals surface area contributed by atoms with Gasteiger partial charge in [0.25, 0.3) is 0 Å². The molecule has 1 aromatic carbocycles. The number of carbonyl (C=O) groups is 1. The Morgan fingerprint density at radius 2 is 2.27 bits per heavy atom. The van der Waals surface area contributed by atoms with Gasteiger partial charge in [0.15, 0.2) is 0 Å². The van der Waals surface area contributed by atoms with Crippen LogP contribution in [0.5, 0.6) is 5.75 Å². The number of carboxylic acids is 1. The standard InChI is InChI=1S/C19H29N3O4/c1-4-5-6-12(2)22-17(20)14-7-9-15-13(11-14)8-10-16(25-15)19(3,26-21)18(23)24/h7,9,11-12,16H,4-6,8,10,21H2,1-3H3,(H2,20,22)(H,23,24). The van der Waals surface area contributed by atoms with Crippen LogP contribution < -0.4 is 16.4 Å². The summed E-state index contributed by atoms with van der Waals surface area (Å²) in [5.74, 6) is 5.20. The molecule has 1 aromatic rings. The Balaban J connectivity index is 2.16. The molecule has 2 rings (SSSR count). The molecule has 1 aliphatic rings. The van der Waals surface area contributed by atoms with Crippen LogP contribution in [0, 0.1) is 0 Å². The molecular weight excluding hydrogens is 334 g/mol. The molecule has 0 saturated heterocycles. The van der Waals surface area contributed by atoms with Crippen LogP contribution in [0.2, 0.25) is 0 Å². The second-order valence-electron chi connectivity index (χ2n) is 7.00. The van der Waals surface area contributed by atoms with Crippen molar-refractivity contribution >= 4 is 11.8 Å². The van der Waals surface area contributed by atoms with Crippen LogP contribution in [0.3, 0.4) is 0 Å². The van der Waals surface area contributed by atoms with E-state index in [-0.39, 0.29) is 6.04 Å². The maximum atomic E-state index is 11.5. The van der Waals surface area contributed by atoms with E-state index in [1.807, 2.05) is 12.1 Å². The summed E-state index contributed by atoms with van der Waals surface area (Å²) in [5, 5.41) is 9.38. The third-order valence-electron chi connectivity index (χ3n) is 4.92. The minimum Gasteiger partial charge on any atom is -0.486 e. The topological polar surface area (TPSA) is 120 Å². The van der Waals surface area contributed by atoms with E-state index in [0.717, 1.165) is 30.4 Å². The van der Waals surface area contributed by atoms with Crippen molar-refractivity contribution in [3.05, 3.63) is 29.3 Å². The van der Waals surface area contributed by atoms with Crippen molar-refractivity contribution in [2.75, 3.05) is 0 Å². The molecule has 3 atom stereocenters. The fraction of sp³-hybridized carbons (Fsp3) is 0.579. The predicted octanol–water partition coefficient (Wildman–Crippen LogP) is 2.40. The molecular formula is C19H29N3O4. The lowest BCUT2D eigenvalue weighted by Gasteiger charge is -2.35. The smallest absolute Gasteiger partial charge is 0.341 e. The van der Waals surface area contributed by atoms with Gasteiger partial charge in [-0.15, -0.1) is 0 Å². The van der Waals surface area contributed by atoms with Gasteiger partial charge in [-0.1, -0.05) is 19.8 Å². The first-order valence-electron chi connectivity index (χ1n) is 9.06. The monoisotopic (exact) mass is 363 g/mol. The van der Waals surface area contributed by atoms with E-state index in [0.29, 0.717) is 24.4 Å². The Kier molecular flexibility index (Phi) is 6.61. The molecule has 7 nitrogen and oxygen atoms in total. The van der Waals surface area contributed by atoms with E-state index in [2.05, 4.69) is 18.8 Å². The molecule has 3 unspecified atom stereocenters. The van der Waals surface area contributed by atoms with Gasteiger partial charge in [0.05, 0.1) is 0 Å². The van der Waals surface area contributed by atoms with E-state index in [1.54, 1.807) is 6.07 Å². The lowest BCUT2D eigenvalue weighted by molar-refractivity contribution is -0.179. The van der Waals surface area contributed by atoms with Gasteiger partial charge in [0.2, 0.25) is 5.60 Å². The average molecular weight is 363 g/mol. The quantitative estimate of drug-likeness (QED) is 0.370. The van der Waals surface area contributed by atoms with Crippen LogP contribution in [0.4, 0.5) is 0 Å². The number of aryl methyl sites for hydroxylation is 1. The largest absolute Gasteiger partial charge is 0.486 e. The number of rotatable bonds is 8. The van der Waals surface area contributed by atoms with Gasteiger partial charge in [-0.25, -0.2) is 10.7 Å². The summed E-state index contributed by atoms with van der Waals surface area (Å²) in [6, 6.07) is 5.78. The third kappa shape index (κ3) is 4.34. The van der Waals surface area contributed by atoms with E-state index in [9.17, 15) is 9.90 Å². The molecule has 0 spiro atoms. The van der Waals surface area contributed by atoms with Crippen molar-refractivity contribution in [3.8, 4) is 5.75 Å². The molecule has 0 aromatic heterocycles. The van der Waals surface area contributed by atoms with Gasteiger partial charge in [-0.05, 0) is 56.9 Å². The van der Waals surface area contributed by atoms with Crippen molar-refractivity contribution in [2.24, 2.45) is 16.6 Å². The minimum absolute atomic E-state index is 0.185. The average Bonchev–Trinajstić information content (AvgIpc) is 2.64. The molecule has 0 radical (unpaired) electrons. The summed E-state index contributed by atoms with van der Waals surface area (Å²) in [4.78, 5) is 20.8. The number of aliphatic carboxylic acids is 1. The number of nitrogens with two attached hydrogens (primary N) is 2. The fourth-order valence-electron chi connectivity index (χ4n) is 3.08. The zero-order valence-corrected chi connectivity index (χ0v) is 15.7. The van der Waals surface area contributed by atoms with Gasteiger partial charge >= 0.3 is 5.97 Å². The molecule has 0 fully saturated rings. The molecule has 7 heteroatoms. The van der Waals surface area contributed by atoms with Gasteiger partial charge in [0.1, 0.15) is 17.7 Å². The van der Waals surface area contributed by atoms with Crippen LogP contribution in [-0.4, -0.2) is 34.7 Å². The molecule has 5 N–H and O–H groups in total. The number of amidine groups is 1. The first-order chi connectivity index (χ1) is 12.3. The SMILES string of the molecule is CCCCC(C)N=C(N)c1ccc2c(c1)CCC(C(C)(ON)C(=O)O)O2. The van der Waals surface area contributed by atoms with Crippen LogP contribution >= 0.6 is 0 Å². The van der Waals surface area contributed by atoms with Crippen molar-refractivity contribution in [1.82, 2.24) is 0 Å². The number of carboxylic acid groups (broad SMARTS) is 1. The summed E-state index contributed by atoms with van der Waals surface area (Å²) in [6.45, 7) is 5.64. The number of nitrogens with zero attached hydrogens (tertiary/aromatic N) is 1. The zero-order valence-electron chi connectivity index (χ0n) is 15.7. The summed E-state index contributed by atoms with van der Waals surface area (Å²) < 4.78 is 5.85. The zero-order chi connectivity index (χ0) is 19.3. The van der Waals surface area contributed by atoms with E-state index in [1.165, 1.54) is 6.92 Å². The van der Waals surface area contributed by atoms with Crippen molar-refractivity contribution < 1.29 is 19.5 Å². The van der Waals surface area contributed by atoms with Crippen molar-refractivity contribution in [3.63, 3.8) is 0 Å². The van der Waals surface area contributed by atoms with Crippen LogP contribution in [0.15, 0.2) is 23.2 Å². The normalized spacial score (nSPS) is 20.6. The molecule has 0 bridgehead atoms. The summed E-state index contributed by atoms with van der Waals surface area (Å²) >= 11 is 0. The fourth-order valence-corrected chi connectivity index (χ4v) is 3.08. The highest BCUT2D eigenvalue weighted by Crippen LogP contribution is 2.33. The third-order valence-corrected chi connectivity index (χ3v) is 4.92. The number of benzene rings is 1. The number of hydrogen-bond acceptors (Lipinski definition) is 5. The number of hydrogen-bond donors (Lipinski definition) is 3. The molecule has 144 valence electrons. The molecule has 26 heavy (non-hydrogen) atoms. The number of ether oxygens (including phenoxy) is 1. The molecule has 0 aliphatic carbocycles. The molecule has 1 aliphatic heterocycles. The maximum Gasteiger partial charge on any atom is 0.341 e. The first-order valence-corrected chi connectivity index (χ1v) is 9.06. The van der Waals surface area contributed by atoms with Gasteiger partial charge in [-0.2, -0.15) is 0 Å². The lowest BCUT2D eigenvalue weighted by Crippen LogP contribution is -2.54. The second kappa shape index (κ2) is 8.51. The summed E-state index contributed by atoms with van der Waals surface area (Å²) in [5.41, 5.74) is 6.39. The molecule has 1 heterocycles. The molecule has 0 amide bonds. The highest BCUT2D eigenvalue weighted by Gasteiger charge is 2.46. The second-order valence-corrected chi connectivity index (χ2v) is 7.00. The van der Waals surface area contributed by atoms with Crippen molar-refractivity contribution in [2.45, 2.75) is 70.6 Å². The highest BCUT2D eigenvalue weighted by molar-refractivity contribution is 5.98. The lowest BCUT2D eigenvalue weighted by atomic mass is 9.90. The highest BCUT2D eigenvalue weighted by atomic mass is 16.7. The first kappa shape index (κ1) is 20.2. The minimum atomic E-state index is -1.59. The number of unbranched alkanes of at least 4 members (excludes halogenated alkanes) is 1. The Hall–Kier alpha value is -2.12. The Labute approximate surface area is 154 Å². The summed E-state index contributed by atoms with van der Waals surface area (Å²) in [7, 11) is 0. The Morgan fingerprint density at radius 1 is 1.54 bits per heavy atom. The predicted molar refractivity (Wildman–Crippen MR) is 100 cm³/mol. The van der Waals surface area contributed by atoms with Crippen molar-refractivity contribution in [1.29, 1.82) is 0 Å². The van der Waals surface area contributed by atoms with E-state index in [4.69, 9.17) is 21.2 Å². The van der Waals surface area contributed by atoms with E-state index >= 15 is 0 Å².